The van der Waals surface area contributed by atoms with E-state index in [0.29, 0.717) is 25.1 Å². The number of fused-ring (bicyclic) bond motifs is 1. The minimum Gasteiger partial charge on any atom is -0.383 e. The first-order chi connectivity index (χ1) is 13.7. The molecule has 1 amide bonds. The van der Waals surface area contributed by atoms with Crippen molar-refractivity contribution >= 4 is 16.8 Å². The Morgan fingerprint density at radius 3 is 3.07 bits per heavy atom. The smallest absolute Gasteiger partial charge is 0.272 e. The number of imidazole rings is 1. The predicted molar refractivity (Wildman–Crippen MR) is 104 cm³/mol. The highest BCUT2D eigenvalue weighted by atomic mass is 19.1. The number of piperidine rings is 1. The normalized spacial score (nSPS) is 17.2. The molecule has 3 aromatic rings. The lowest BCUT2D eigenvalue weighted by atomic mass is 9.96. The number of ether oxygens (including phenoxy) is 1. The third-order valence-electron chi connectivity index (χ3n) is 5.25. The van der Waals surface area contributed by atoms with Crippen molar-refractivity contribution < 1.29 is 13.9 Å². The number of nitrogens with zero attached hydrogens (tertiary/aromatic N) is 4. The van der Waals surface area contributed by atoms with Crippen LogP contribution in [0.5, 0.6) is 0 Å². The average molecular weight is 382 g/mol. The molecule has 0 N–H and O–H groups in total. The highest BCUT2D eigenvalue weighted by Gasteiger charge is 2.28. The van der Waals surface area contributed by atoms with E-state index in [9.17, 15) is 9.18 Å². The molecule has 0 bridgehead atoms. The number of carbonyl (C=O) groups excluding carboxylic acids is 1. The van der Waals surface area contributed by atoms with Gasteiger partial charge in [-0.05, 0) is 25.0 Å². The summed E-state index contributed by atoms with van der Waals surface area (Å²) in [6.45, 7) is 2.61. The fraction of sp³-hybridized carbons (Fsp3) is 0.381. The quantitative estimate of drug-likeness (QED) is 0.680. The Labute approximate surface area is 163 Å². The van der Waals surface area contributed by atoms with Gasteiger partial charge in [0.15, 0.2) is 0 Å². The molecule has 7 heteroatoms. The van der Waals surface area contributed by atoms with Crippen molar-refractivity contribution in [1.29, 1.82) is 0 Å². The molecule has 146 valence electrons. The molecule has 0 saturated carbocycles. The molecular weight excluding hydrogens is 359 g/mol. The van der Waals surface area contributed by atoms with E-state index in [2.05, 4.69) is 14.5 Å². The maximum Gasteiger partial charge on any atom is 0.272 e. The predicted octanol–water partition coefficient (Wildman–Crippen LogP) is 3.24. The van der Waals surface area contributed by atoms with E-state index in [0.717, 1.165) is 25.2 Å². The lowest BCUT2D eigenvalue weighted by Crippen LogP contribution is -2.40. The average Bonchev–Trinajstić information content (AvgIpc) is 3.20. The Balaban J connectivity index is 1.54. The molecule has 2 aromatic heterocycles. The first-order valence-electron chi connectivity index (χ1n) is 9.52. The summed E-state index contributed by atoms with van der Waals surface area (Å²) in [6, 6.07) is 8.21. The molecule has 3 heterocycles. The number of carbonyl (C=O) groups is 1. The van der Waals surface area contributed by atoms with Gasteiger partial charge in [0.2, 0.25) is 0 Å². The molecule has 4 rings (SSSR count). The van der Waals surface area contributed by atoms with Crippen LogP contribution in [-0.4, -0.2) is 52.1 Å². The topological polar surface area (TPSA) is 60.2 Å². The highest BCUT2D eigenvalue weighted by Crippen LogP contribution is 2.27. The summed E-state index contributed by atoms with van der Waals surface area (Å²) >= 11 is 0. The number of para-hydroxylation sites is 1. The summed E-state index contributed by atoms with van der Waals surface area (Å²) in [4.78, 5) is 23.6. The van der Waals surface area contributed by atoms with E-state index in [1.54, 1.807) is 42.5 Å². The number of hydrogen-bond acceptors (Lipinski definition) is 4. The van der Waals surface area contributed by atoms with Gasteiger partial charge in [-0.25, -0.2) is 14.4 Å². The van der Waals surface area contributed by atoms with Crippen LogP contribution in [0.1, 0.15) is 35.1 Å². The Morgan fingerprint density at radius 1 is 1.32 bits per heavy atom. The van der Waals surface area contributed by atoms with Crippen molar-refractivity contribution in [3.8, 4) is 0 Å². The number of halogens is 1. The SMILES string of the molecule is COCCn1ccnc1[C@H]1CCCN(C(=O)c2ccc3cccc(F)c3n2)C1. The summed E-state index contributed by atoms with van der Waals surface area (Å²) < 4.78 is 21.3. The molecule has 6 nitrogen and oxygen atoms in total. The van der Waals surface area contributed by atoms with Crippen molar-refractivity contribution in [2.24, 2.45) is 0 Å². The van der Waals surface area contributed by atoms with Gasteiger partial charge in [0.1, 0.15) is 22.9 Å². The maximum absolute atomic E-state index is 14.1. The molecule has 1 saturated heterocycles. The van der Waals surface area contributed by atoms with Crippen LogP contribution >= 0.6 is 0 Å². The first-order valence-corrected chi connectivity index (χ1v) is 9.52. The van der Waals surface area contributed by atoms with Crippen LogP contribution < -0.4 is 0 Å². The largest absolute Gasteiger partial charge is 0.383 e. The van der Waals surface area contributed by atoms with E-state index in [4.69, 9.17) is 4.74 Å². The molecular formula is C21H23FN4O2. The maximum atomic E-state index is 14.1. The number of hydrogen-bond donors (Lipinski definition) is 0. The third kappa shape index (κ3) is 3.62. The lowest BCUT2D eigenvalue weighted by Gasteiger charge is -2.32. The van der Waals surface area contributed by atoms with Crippen LogP contribution in [0.25, 0.3) is 10.9 Å². The molecule has 0 spiro atoms. The minimum atomic E-state index is -0.413. The van der Waals surface area contributed by atoms with Gasteiger partial charge in [0.25, 0.3) is 5.91 Å². The van der Waals surface area contributed by atoms with Crippen LogP contribution in [0, 0.1) is 5.82 Å². The van der Waals surface area contributed by atoms with Gasteiger partial charge < -0.3 is 14.2 Å². The van der Waals surface area contributed by atoms with Crippen molar-refractivity contribution in [2.75, 3.05) is 26.8 Å². The second-order valence-corrected chi connectivity index (χ2v) is 7.07. The minimum absolute atomic E-state index is 0.162. The number of rotatable bonds is 5. The highest BCUT2D eigenvalue weighted by molar-refractivity contribution is 5.95. The van der Waals surface area contributed by atoms with E-state index >= 15 is 0 Å². The Morgan fingerprint density at radius 2 is 2.21 bits per heavy atom. The van der Waals surface area contributed by atoms with Crippen LogP contribution in [0.2, 0.25) is 0 Å². The van der Waals surface area contributed by atoms with Crippen LogP contribution in [0.15, 0.2) is 42.7 Å². The van der Waals surface area contributed by atoms with Crippen molar-refractivity contribution in [3.63, 3.8) is 0 Å². The van der Waals surface area contributed by atoms with E-state index in [1.807, 2.05) is 6.20 Å². The molecule has 1 aliphatic rings. The molecule has 1 fully saturated rings. The molecule has 0 unspecified atom stereocenters. The third-order valence-corrected chi connectivity index (χ3v) is 5.25. The Kier molecular flexibility index (Phi) is 5.34. The zero-order valence-electron chi connectivity index (χ0n) is 15.8. The van der Waals surface area contributed by atoms with Crippen LogP contribution in [0.4, 0.5) is 4.39 Å². The molecule has 28 heavy (non-hydrogen) atoms. The molecule has 0 radical (unpaired) electrons. The second-order valence-electron chi connectivity index (χ2n) is 7.07. The summed E-state index contributed by atoms with van der Waals surface area (Å²) in [7, 11) is 1.68. The lowest BCUT2D eigenvalue weighted by molar-refractivity contribution is 0.0697. The van der Waals surface area contributed by atoms with E-state index < -0.39 is 5.82 Å². The van der Waals surface area contributed by atoms with Crippen molar-refractivity contribution in [2.45, 2.75) is 25.3 Å². The summed E-state index contributed by atoms with van der Waals surface area (Å²) in [6.07, 6.45) is 5.62. The Hall–Kier alpha value is -2.80. The number of pyridine rings is 1. The zero-order valence-corrected chi connectivity index (χ0v) is 15.8. The molecule has 1 aromatic carbocycles. The summed E-state index contributed by atoms with van der Waals surface area (Å²) in [5, 5.41) is 0.688. The van der Waals surface area contributed by atoms with Gasteiger partial charge in [0.05, 0.1) is 6.61 Å². The van der Waals surface area contributed by atoms with Crippen molar-refractivity contribution in [1.82, 2.24) is 19.4 Å². The summed E-state index contributed by atoms with van der Waals surface area (Å²) in [5.74, 6) is 0.572. The number of benzene rings is 1. The van der Waals surface area contributed by atoms with Gasteiger partial charge in [-0.3, -0.25) is 4.79 Å². The van der Waals surface area contributed by atoms with Gasteiger partial charge in [0, 0.05) is 50.4 Å². The number of amides is 1. The van der Waals surface area contributed by atoms with E-state index in [-0.39, 0.29) is 23.0 Å². The van der Waals surface area contributed by atoms with Gasteiger partial charge >= 0.3 is 0 Å². The molecule has 0 aliphatic carbocycles. The molecule has 1 aliphatic heterocycles. The first kappa shape index (κ1) is 18.6. The fourth-order valence-electron chi connectivity index (χ4n) is 3.82. The van der Waals surface area contributed by atoms with Crippen LogP contribution in [-0.2, 0) is 11.3 Å². The van der Waals surface area contributed by atoms with Crippen LogP contribution in [0.3, 0.4) is 0 Å². The number of aromatic nitrogens is 3. The zero-order chi connectivity index (χ0) is 19.5. The van der Waals surface area contributed by atoms with Gasteiger partial charge in [-0.1, -0.05) is 18.2 Å². The Bertz CT molecular complexity index is 987. The van der Waals surface area contributed by atoms with Gasteiger partial charge in [-0.15, -0.1) is 0 Å². The monoisotopic (exact) mass is 382 g/mol. The summed E-state index contributed by atoms with van der Waals surface area (Å²) in [5.41, 5.74) is 0.512. The van der Waals surface area contributed by atoms with Crippen molar-refractivity contribution in [3.05, 3.63) is 60.1 Å². The molecule has 1 atom stereocenters. The van der Waals surface area contributed by atoms with E-state index in [1.165, 1.54) is 6.07 Å². The number of methoxy groups -OCH3 is 1. The van der Waals surface area contributed by atoms with Gasteiger partial charge in [-0.2, -0.15) is 0 Å². The standard InChI is InChI=1S/C21H23FN4O2/c1-28-13-12-25-11-9-23-20(25)16-5-3-10-26(14-16)21(27)18-8-7-15-4-2-6-17(22)19(15)24-18/h2,4,6-9,11,16H,3,5,10,12-14H2,1H3/t16-/m0/s1. The number of likely N-dealkylation sites (tertiary alicyclic amines) is 1. The second kappa shape index (κ2) is 8.06. The fourth-order valence-corrected chi connectivity index (χ4v) is 3.82.